The maximum Gasteiger partial charge on any atom is 0.264 e. The Bertz CT molecular complexity index is 1460. The number of anilines is 1. The van der Waals surface area contributed by atoms with Crippen molar-refractivity contribution in [1.82, 2.24) is 10.0 Å². The summed E-state index contributed by atoms with van der Waals surface area (Å²) < 4.78 is 41.4. The maximum atomic E-state index is 13.4. The number of amides is 1. The van der Waals surface area contributed by atoms with Crippen LogP contribution in [0.4, 0.5) is 5.69 Å². The van der Waals surface area contributed by atoms with Crippen LogP contribution in [-0.2, 0) is 31.4 Å². The number of nitrogens with one attached hydrogen (secondary N) is 2. The van der Waals surface area contributed by atoms with Crippen LogP contribution in [0, 0.1) is 11.8 Å². The lowest BCUT2D eigenvalue weighted by atomic mass is 9.68. The van der Waals surface area contributed by atoms with Crippen LogP contribution >= 0.6 is 11.6 Å². The molecule has 2 N–H and O–H groups in total. The number of carbonyl (C=O) groups is 1. The van der Waals surface area contributed by atoms with Crippen molar-refractivity contribution in [2.24, 2.45) is 11.8 Å². The summed E-state index contributed by atoms with van der Waals surface area (Å²) in [5, 5.41) is 3.82. The van der Waals surface area contributed by atoms with Crippen LogP contribution < -0.4 is 19.7 Å². The summed E-state index contributed by atoms with van der Waals surface area (Å²) in [5.41, 5.74) is 3.00. The number of methoxy groups -OCH3 is 1. The third-order valence-corrected chi connectivity index (χ3v) is 11.0. The lowest BCUT2D eigenvalue weighted by Crippen LogP contribution is -2.49. The van der Waals surface area contributed by atoms with E-state index >= 15 is 0 Å². The molecule has 1 fully saturated rings. The fraction of sp³-hybridized carbons (Fsp3) is 0.516. The molecular weight excluding hydrogens is 562 g/mol. The molecule has 2 aromatic rings. The number of rotatable bonds is 1. The molecule has 2 aromatic carbocycles. The molecule has 0 saturated heterocycles. The first-order valence-corrected chi connectivity index (χ1v) is 16.4. The normalized spacial score (nSPS) is 32.0. The molecule has 41 heavy (non-hydrogen) atoms. The Morgan fingerprint density at radius 1 is 1.17 bits per heavy atom. The van der Waals surface area contributed by atoms with Gasteiger partial charge in [-0.3, -0.25) is 4.79 Å². The van der Waals surface area contributed by atoms with Crippen molar-refractivity contribution < 1.29 is 22.7 Å². The number of benzene rings is 2. The van der Waals surface area contributed by atoms with Crippen molar-refractivity contribution in [2.45, 2.75) is 61.5 Å². The first kappa shape index (κ1) is 28.5. The lowest BCUT2D eigenvalue weighted by Gasteiger charge is -2.46. The number of aryl methyl sites for hydroxylation is 1. The van der Waals surface area contributed by atoms with Gasteiger partial charge < -0.3 is 19.7 Å². The largest absolute Gasteiger partial charge is 0.490 e. The summed E-state index contributed by atoms with van der Waals surface area (Å²) in [6.07, 6.45) is 9.12. The van der Waals surface area contributed by atoms with E-state index in [2.05, 4.69) is 33.1 Å². The van der Waals surface area contributed by atoms with Crippen molar-refractivity contribution >= 4 is 33.2 Å². The van der Waals surface area contributed by atoms with Gasteiger partial charge in [-0.25, -0.2) is 13.1 Å². The first-order valence-electron chi connectivity index (χ1n) is 14.5. The number of ether oxygens (including phenoxy) is 2. The van der Waals surface area contributed by atoms with Crippen molar-refractivity contribution in [3.05, 3.63) is 64.7 Å². The van der Waals surface area contributed by atoms with Crippen molar-refractivity contribution in [1.29, 1.82) is 0 Å². The molecule has 1 spiro atoms. The van der Waals surface area contributed by atoms with Crippen molar-refractivity contribution in [2.75, 3.05) is 38.3 Å². The molecule has 0 aromatic heterocycles. The van der Waals surface area contributed by atoms with E-state index in [1.165, 1.54) is 17.2 Å². The minimum Gasteiger partial charge on any atom is -0.490 e. The molecule has 0 unspecified atom stereocenters. The van der Waals surface area contributed by atoms with E-state index in [1.807, 2.05) is 12.1 Å². The maximum absolute atomic E-state index is 13.4. The van der Waals surface area contributed by atoms with Gasteiger partial charge >= 0.3 is 0 Å². The quantitative estimate of drug-likeness (QED) is 0.474. The summed E-state index contributed by atoms with van der Waals surface area (Å²) in [5.74, 6) is 0.772. The van der Waals surface area contributed by atoms with E-state index in [0.29, 0.717) is 37.3 Å². The van der Waals surface area contributed by atoms with Gasteiger partial charge in [0.2, 0.25) is 0 Å². The van der Waals surface area contributed by atoms with Gasteiger partial charge in [-0.05, 0) is 92.3 Å². The number of nitrogens with zero attached hydrogens (tertiary/aromatic N) is 1. The molecule has 2 aliphatic heterocycles. The minimum absolute atomic E-state index is 0.0338. The van der Waals surface area contributed by atoms with Crippen LogP contribution in [0.3, 0.4) is 0 Å². The fourth-order valence-corrected chi connectivity index (χ4v) is 8.28. The topological polar surface area (TPSA) is 97.0 Å². The summed E-state index contributed by atoms with van der Waals surface area (Å²) in [4.78, 5) is 15.2. The second-order valence-electron chi connectivity index (χ2n) is 12.0. The molecule has 10 heteroatoms. The third kappa shape index (κ3) is 5.49. The highest BCUT2D eigenvalue weighted by atomic mass is 35.5. The molecule has 4 aliphatic rings. The average Bonchev–Trinajstić information content (AvgIpc) is 3.08. The van der Waals surface area contributed by atoms with Gasteiger partial charge in [0.1, 0.15) is 5.75 Å². The summed E-state index contributed by atoms with van der Waals surface area (Å²) in [6.45, 7) is 4.03. The van der Waals surface area contributed by atoms with Crippen LogP contribution in [0.2, 0.25) is 5.02 Å². The van der Waals surface area contributed by atoms with Gasteiger partial charge in [-0.1, -0.05) is 29.8 Å². The molecule has 8 nitrogen and oxygen atoms in total. The van der Waals surface area contributed by atoms with E-state index in [0.717, 1.165) is 49.4 Å². The zero-order valence-electron chi connectivity index (χ0n) is 23.6. The second kappa shape index (κ2) is 11.2. The number of fused-ring (bicyclic) bond motifs is 4. The minimum atomic E-state index is -4.09. The third-order valence-electron chi connectivity index (χ3n) is 9.44. The second-order valence-corrected chi connectivity index (χ2v) is 14.1. The van der Waals surface area contributed by atoms with Crippen LogP contribution in [0.15, 0.2) is 53.4 Å². The Morgan fingerprint density at radius 3 is 2.80 bits per heavy atom. The molecule has 220 valence electrons. The predicted octanol–water partition coefficient (Wildman–Crippen LogP) is 4.21. The molecule has 0 radical (unpaired) electrons. The van der Waals surface area contributed by atoms with Crippen molar-refractivity contribution in [3.8, 4) is 5.75 Å². The van der Waals surface area contributed by atoms with Crippen LogP contribution in [0.1, 0.15) is 43.7 Å². The lowest BCUT2D eigenvalue weighted by molar-refractivity contribution is -0.120. The van der Waals surface area contributed by atoms with E-state index in [-0.39, 0.29) is 16.4 Å². The Hall–Kier alpha value is -2.59. The van der Waals surface area contributed by atoms with E-state index in [4.69, 9.17) is 21.1 Å². The zero-order chi connectivity index (χ0) is 28.8. The van der Waals surface area contributed by atoms with Gasteiger partial charge in [0, 0.05) is 37.2 Å². The Kier molecular flexibility index (Phi) is 7.82. The Morgan fingerprint density at radius 2 is 2.02 bits per heavy atom. The molecule has 5 atom stereocenters. The van der Waals surface area contributed by atoms with Gasteiger partial charge in [0.05, 0.1) is 29.3 Å². The average molecular weight is 600 g/mol. The summed E-state index contributed by atoms with van der Waals surface area (Å²) in [7, 11) is -2.34. The molecule has 2 heterocycles. The van der Waals surface area contributed by atoms with E-state index in [1.54, 1.807) is 26.2 Å². The highest BCUT2D eigenvalue weighted by molar-refractivity contribution is 7.90. The van der Waals surface area contributed by atoms with Gasteiger partial charge in [-0.15, -0.1) is 0 Å². The summed E-state index contributed by atoms with van der Waals surface area (Å²) in [6, 6.07) is 10.4. The van der Waals surface area contributed by atoms with Crippen LogP contribution in [-0.4, -0.2) is 59.8 Å². The van der Waals surface area contributed by atoms with Gasteiger partial charge in [-0.2, -0.15) is 0 Å². The van der Waals surface area contributed by atoms with Crippen molar-refractivity contribution in [3.63, 3.8) is 0 Å². The van der Waals surface area contributed by atoms with E-state index in [9.17, 15) is 13.2 Å². The Labute approximate surface area is 247 Å². The molecule has 2 bridgehead atoms. The zero-order valence-corrected chi connectivity index (χ0v) is 25.1. The molecule has 1 amide bonds. The SMILES string of the molecule is CO[C@@H]1/C=C/CN[C@H](C)C(=O)NS(=O)(=O)c2ccc3c(c2)N(C[C@@H]2CC[C@H]21)C[C@@]1(CCCc2cc(Cl)ccc21)CO3. The van der Waals surface area contributed by atoms with Crippen LogP contribution in [0.5, 0.6) is 5.75 Å². The number of sulfonamides is 1. The predicted molar refractivity (Wildman–Crippen MR) is 159 cm³/mol. The number of hydrogen-bond acceptors (Lipinski definition) is 7. The molecular formula is C31H38ClN3O5S. The fourth-order valence-electron chi connectivity index (χ4n) is 7.01. The molecule has 2 aliphatic carbocycles. The standard InChI is InChI=1S/C31H38ClN3O5S/c1-20-30(36)34-41(37,38)24-9-12-29-27(16-24)35(17-22-7-10-25(22)28(39-2)6-4-14-33-20)18-31(19-40-29)13-3-5-21-15-23(32)8-11-26(21)31/h4,6,8-9,11-12,15-16,20,22,25,28,33H,3,5,7,10,13-14,17-19H2,1-2H3,(H,34,36)/b6-4+/t20-,22+,25-,28-,31+/m1/s1. The van der Waals surface area contributed by atoms with Crippen LogP contribution in [0.25, 0.3) is 0 Å². The monoisotopic (exact) mass is 599 g/mol. The number of halogens is 1. The van der Waals surface area contributed by atoms with Gasteiger partial charge in [0.15, 0.2) is 0 Å². The Balaban J connectivity index is 1.44. The highest BCUT2D eigenvalue weighted by Crippen LogP contribution is 2.47. The summed E-state index contributed by atoms with van der Waals surface area (Å²) >= 11 is 6.39. The first-order chi connectivity index (χ1) is 19.7. The number of carbonyl (C=O) groups excluding carboxylic acids is 1. The molecule has 1 saturated carbocycles. The van der Waals surface area contributed by atoms with Gasteiger partial charge in [0.25, 0.3) is 15.9 Å². The van der Waals surface area contributed by atoms with E-state index < -0.39 is 22.0 Å². The highest BCUT2D eigenvalue weighted by Gasteiger charge is 2.44. The number of hydrogen-bond donors (Lipinski definition) is 2. The molecule has 6 rings (SSSR count). The smallest absolute Gasteiger partial charge is 0.264 e.